The number of amides is 2. The second-order valence-electron chi connectivity index (χ2n) is 6.68. The lowest BCUT2D eigenvalue weighted by molar-refractivity contribution is 0.0947. The zero-order valence-corrected chi connectivity index (χ0v) is 16.6. The number of carbonyl (C=O) groups is 2. The second-order valence-corrected chi connectivity index (χ2v) is 6.68. The van der Waals surface area contributed by atoms with Gasteiger partial charge in [0.1, 0.15) is 11.4 Å². The van der Waals surface area contributed by atoms with Gasteiger partial charge in [-0.05, 0) is 87.8 Å². The smallest absolute Gasteiger partial charge is 0.270 e. The summed E-state index contributed by atoms with van der Waals surface area (Å²) in [7, 11) is 0. The third-order valence-electron chi connectivity index (χ3n) is 4.53. The Morgan fingerprint density at radius 2 is 1.18 bits per heavy atom. The number of carbonyl (C=O) groups excluding carboxylic acids is 2. The Morgan fingerprint density at radius 1 is 0.714 bits per heavy atom. The average Bonchev–Trinajstić information content (AvgIpc) is 2.68. The first kappa shape index (κ1) is 24.0. The molecule has 0 spiro atoms. The van der Waals surface area contributed by atoms with Crippen LogP contribution in [0.25, 0.3) is 0 Å². The van der Waals surface area contributed by atoms with Crippen molar-refractivity contribution in [1.29, 1.82) is 0 Å². The SMILES string of the molecule is NCCCNC(=O)c1nc(C(N)=O)c(CCCN)c(CCCN)c1CCCN. The second kappa shape index (κ2) is 13.2. The molecule has 9 nitrogen and oxygen atoms in total. The van der Waals surface area contributed by atoms with Crippen LogP contribution in [0.4, 0.5) is 0 Å². The maximum absolute atomic E-state index is 12.8. The van der Waals surface area contributed by atoms with E-state index < -0.39 is 5.91 Å². The number of nitrogens with zero attached hydrogens (tertiary/aromatic N) is 1. The number of nitrogens with one attached hydrogen (secondary N) is 1. The highest BCUT2D eigenvalue weighted by Crippen LogP contribution is 2.25. The Bertz CT molecular complexity index is 650. The summed E-state index contributed by atoms with van der Waals surface area (Å²) in [5.74, 6) is -0.982. The number of hydrogen-bond acceptors (Lipinski definition) is 7. The molecule has 1 aromatic rings. The molecule has 0 aliphatic rings. The van der Waals surface area contributed by atoms with E-state index in [0.29, 0.717) is 71.2 Å². The van der Waals surface area contributed by atoms with Gasteiger partial charge in [-0.15, -0.1) is 0 Å². The highest BCUT2D eigenvalue weighted by molar-refractivity contribution is 5.98. The molecule has 1 aromatic heterocycles. The summed E-state index contributed by atoms with van der Waals surface area (Å²) < 4.78 is 0. The van der Waals surface area contributed by atoms with Crippen molar-refractivity contribution < 1.29 is 9.59 Å². The van der Waals surface area contributed by atoms with Gasteiger partial charge in [0.2, 0.25) is 0 Å². The van der Waals surface area contributed by atoms with Crippen molar-refractivity contribution in [3.05, 3.63) is 28.1 Å². The summed E-state index contributed by atoms with van der Waals surface area (Å²) in [6.45, 7) is 2.37. The first-order chi connectivity index (χ1) is 13.5. The van der Waals surface area contributed by atoms with Gasteiger partial charge in [0.15, 0.2) is 0 Å². The van der Waals surface area contributed by atoms with Crippen LogP contribution in [0, 0.1) is 0 Å². The van der Waals surface area contributed by atoms with Crippen molar-refractivity contribution in [2.45, 2.75) is 44.9 Å². The monoisotopic (exact) mass is 393 g/mol. The topological polar surface area (TPSA) is 189 Å². The Labute approximate surface area is 166 Å². The van der Waals surface area contributed by atoms with Crippen LogP contribution >= 0.6 is 0 Å². The molecule has 1 heterocycles. The van der Waals surface area contributed by atoms with Crippen LogP contribution in [-0.2, 0) is 19.3 Å². The van der Waals surface area contributed by atoms with Crippen LogP contribution in [0.15, 0.2) is 0 Å². The summed E-state index contributed by atoms with van der Waals surface area (Å²) in [6.07, 6.45) is 4.58. The minimum atomic E-state index is -0.651. The molecule has 0 aliphatic heterocycles. The molecule has 0 radical (unpaired) electrons. The van der Waals surface area contributed by atoms with E-state index in [1.165, 1.54) is 0 Å². The highest BCUT2D eigenvalue weighted by atomic mass is 16.2. The van der Waals surface area contributed by atoms with E-state index in [9.17, 15) is 9.59 Å². The van der Waals surface area contributed by atoms with E-state index >= 15 is 0 Å². The summed E-state index contributed by atoms with van der Waals surface area (Å²) in [5, 5.41) is 2.82. The number of rotatable bonds is 14. The van der Waals surface area contributed by atoms with Crippen LogP contribution in [-0.4, -0.2) is 49.5 Å². The van der Waals surface area contributed by atoms with Gasteiger partial charge in [-0.25, -0.2) is 4.98 Å². The lowest BCUT2D eigenvalue weighted by Crippen LogP contribution is -2.31. The third kappa shape index (κ3) is 6.83. The highest BCUT2D eigenvalue weighted by Gasteiger charge is 2.24. The maximum Gasteiger partial charge on any atom is 0.270 e. The molecule has 0 fully saturated rings. The van der Waals surface area contributed by atoms with Crippen molar-refractivity contribution in [1.82, 2.24) is 10.3 Å². The number of aromatic nitrogens is 1. The molecular formula is C19H35N7O2. The Morgan fingerprint density at radius 3 is 1.64 bits per heavy atom. The molecule has 158 valence electrons. The van der Waals surface area contributed by atoms with Gasteiger partial charge in [0.05, 0.1) is 0 Å². The van der Waals surface area contributed by atoms with Crippen molar-refractivity contribution in [3.63, 3.8) is 0 Å². The van der Waals surface area contributed by atoms with Gasteiger partial charge in [0, 0.05) is 6.54 Å². The van der Waals surface area contributed by atoms with Gasteiger partial charge in [0.25, 0.3) is 11.8 Å². The van der Waals surface area contributed by atoms with Gasteiger partial charge >= 0.3 is 0 Å². The van der Waals surface area contributed by atoms with Crippen molar-refractivity contribution in [2.24, 2.45) is 28.7 Å². The molecule has 0 saturated heterocycles. The summed E-state index contributed by atoms with van der Waals surface area (Å²) in [6, 6.07) is 0. The van der Waals surface area contributed by atoms with Crippen LogP contribution in [0.3, 0.4) is 0 Å². The predicted octanol–water partition coefficient (Wildman–Crippen LogP) is -1.07. The van der Waals surface area contributed by atoms with E-state index in [1.54, 1.807) is 0 Å². The third-order valence-corrected chi connectivity index (χ3v) is 4.53. The van der Waals surface area contributed by atoms with E-state index in [4.69, 9.17) is 28.7 Å². The molecule has 0 aliphatic carbocycles. The van der Waals surface area contributed by atoms with Crippen LogP contribution in [0.1, 0.15) is 63.4 Å². The van der Waals surface area contributed by atoms with Crippen molar-refractivity contribution in [2.75, 3.05) is 32.7 Å². The molecule has 2 amide bonds. The lowest BCUT2D eigenvalue weighted by atomic mass is 9.89. The summed E-state index contributed by atoms with van der Waals surface area (Å²) >= 11 is 0. The molecule has 0 unspecified atom stereocenters. The standard InChI is InChI=1S/C19H35N7O2/c20-8-1-5-13-14(6-2-9-21)16(18(24)27)26-17(15(13)7-3-10-22)19(28)25-12-4-11-23/h1-12,20-23H2,(H2,24,27)(H,25,28). The molecule has 11 N–H and O–H groups in total. The van der Waals surface area contributed by atoms with Crippen LogP contribution in [0.5, 0.6) is 0 Å². The zero-order valence-electron chi connectivity index (χ0n) is 16.6. The van der Waals surface area contributed by atoms with Crippen LogP contribution < -0.4 is 34.0 Å². The van der Waals surface area contributed by atoms with Crippen LogP contribution in [0.2, 0.25) is 0 Å². The van der Waals surface area contributed by atoms with E-state index in [2.05, 4.69) is 10.3 Å². The maximum atomic E-state index is 12.8. The first-order valence-electron chi connectivity index (χ1n) is 9.94. The fourth-order valence-electron chi connectivity index (χ4n) is 3.17. The van der Waals surface area contributed by atoms with Gasteiger partial charge < -0.3 is 34.0 Å². The zero-order chi connectivity index (χ0) is 20.9. The molecule has 0 bridgehead atoms. The van der Waals surface area contributed by atoms with E-state index in [1.807, 2.05) is 0 Å². The molecule has 0 aromatic carbocycles. The molecular weight excluding hydrogens is 358 g/mol. The fourth-order valence-corrected chi connectivity index (χ4v) is 3.17. The first-order valence-corrected chi connectivity index (χ1v) is 9.94. The minimum Gasteiger partial charge on any atom is -0.364 e. The Kier molecular flexibility index (Phi) is 11.3. The van der Waals surface area contributed by atoms with E-state index in [0.717, 1.165) is 23.1 Å². The van der Waals surface area contributed by atoms with Crippen molar-refractivity contribution in [3.8, 4) is 0 Å². The fraction of sp³-hybridized carbons (Fsp3) is 0.632. The number of nitrogens with two attached hydrogens (primary N) is 5. The molecule has 0 atom stereocenters. The quantitative estimate of drug-likeness (QED) is 0.217. The van der Waals surface area contributed by atoms with Gasteiger partial charge in [-0.1, -0.05) is 0 Å². The predicted molar refractivity (Wildman–Crippen MR) is 111 cm³/mol. The molecule has 1 rings (SSSR count). The van der Waals surface area contributed by atoms with Gasteiger partial charge in [-0.3, -0.25) is 9.59 Å². The Hall–Kier alpha value is -2.07. The molecule has 28 heavy (non-hydrogen) atoms. The largest absolute Gasteiger partial charge is 0.364 e. The van der Waals surface area contributed by atoms with E-state index in [-0.39, 0.29) is 17.3 Å². The van der Waals surface area contributed by atoms with Crippen molar-refractivity contribution >= 4 is 11.8 Å². The number of hydrogen-bond donors (Lipinski definition) is 6. The average molecular weight is 394 g/mol. The normalized spacial score (nSPS) is 10.9. The Balaban J connectivity index is 3.54. The molecule has 9 heteroatoms. The summed E-state index contributed by atoms with van der Waals surface area (Å²) in [5.41, 5.74) is 31.1. The number of pyridine rings is 1. The lowest BCUT2D eigenvalue weighted by Gasteiger charge is -2.20. The van der Waals surface area contributed by atoms with Gasteiger partial charge in [-0.2, -0.15) is 0 Å². The minimum absolute atomic E-state index is 0.140. The summed E-state index contributed by atoms with van der Waals surface area (Å²) in [4.78, 5) is 29.3. The number of primary amides is 1. The molecule has 0 saturated carbocycles.